The number of hydrogen-bond acceptors (Lipinski definition) is 3. The van der Waals surface area contributed by atoms with E-state index in [1.165, 1.54) is 48.9 Å². The zero-order valence-corrected chi connectivity index (χ0v) is 14.1. The van der Waals surface area contributed by atoms with Crippen LogP contribution in [0.25, 0.3) is 0 Å². The van der Waals surface area contributed by atoms with Crippen molar-refractivity contribution in [2.24, 2.45) is 0 Å². The van der Waals surface area contributed by atoms with Gasteiger partial charge >= 0.3 is 0 Å². The van der Waals surface area contributed by atoms with Crippen LogP contribution in [0.3, 0.4) is 0 Å². The molecule has 1 N–H and O–H groups in total. The molecule has 1 unspecified atom stereocenters. The van der Waals surface area contributed by atoms with Gasteiger partial charge < -0.3 is 5.32 Å². The van der Waals surface area contributed by atoms with Crippen molar-refractivity contribution in [3.8, 4) is 0 Å². The minimum Gasteiger partial charge on any atom is -0.313 e. The van der Waals surface area contributed by atoms with Crippen LogP contribution in [-0.4, -0.2) is 39.9 Å². The molecule has 1 aromatic heterocycles. The van der Waals surface area contributed by atoms with Gasteiger partial charge in [0.1, 0.15) is 0 Å². The number of nitrogens with zero attached hydrogens (tertiary/aromatic N) is 3. The molecule has 5 heteroatoms. The zero-order chi connectivity index (χ0) is 14.1. The lowest BCUT2D eigenvalue weighted by Crippen LogP contribution is -2.38. The molecule has 0 amide bonds. The maximum atomic E-state index is 4.62. The molecule has 20 heavy (non-hydrogen) atoms. The monoisotopic (exact) mass is 340 g/mol. The third-order valence-corrected chi connectivity index (χ3v) is 5.52. The number of aromatic nitrogens is 2. The quantitative estimate of drug-likeness (QED) is 0.864. The third-order valence-electron chi connectivity index (χ3n) is 4.49. The van der Waals surface area contributed by atoms with Crippen LogP contribution in [0.1, 0.15) is 44.0 Å². The summed E-state index contributed by atoms with van der Waals surface area (Å²) in [6.45, 7) is 8.60. The van der Waals surface area contributed by atoms with Gasteiger partial charge in [-0.2, -0.15) is 5.10 Å². The van der Waals surface area contributed by atoms with E-state index in [4.69, 9.17) is 0 Å². The van der Waals surface area contributed by atoms with Crippen molar-refractivity contribution in [2.75, 3.05) is 13.1 Å². The number of hydrogen-bond donors (Lipinski definition) is 1. The van der Waals surface area contributed by atoms with E-state index in [0.717, 1.165) is 24.8 Å². The van der Waals surface area contributed by atoms with Crippen molar-refractivity contribution in [3.05, 3.63) is 15.9 Å². The van der Waals surface area contributed by atoms with E-state index in [1.807, 2.05) is 0 Å². The Kier molecular flexibility index (Phi) is 4.48. The first kappa shape index (κ1) is 14.5. The predicted octanol–water partition coefficient (Wildman–Crippen LogP) is 2.69. The summed E-state index contributed by atoms with van der Waals surface area (Å²) in [5.74, 6) is 0. The van der Waals surface area contributed by atoms with Gasteiger partial charge in [-0.3, -0.25) is 9.58 Å². The molecule has 1 aliphatic carbocycles. The standard InChI is InChI=1S/C15H25BrN4/c1-3-20-14(15(16)11(2)18-20)10-19(13-6-7-13)9-12-5-4-8-17-12/h12-13,17H,3-10H2,1-2H3. The smallest absolute Gasteiger partial charge is 0.0739 e. The van der Waals surface area contributed by atoms with Crippen LogP contribution in [0.15, 0.2) is 4.47 Å². The van der Waals surface area contributed by atoms with Crippen LogP contribution in [0, 0.1) is 6.92 Å². The Bertz CT molecular complexity index is 461. The summed E-state index contributed by atoms with van der Waals surface area (Å²) in [6.07, 6.45) is 5.39. The molecule has 2 heterocycles. The van der Waals surface area contributed by atoms with Crippen LogP contribution in [0.2, 0.25) is 0 Å². The van der Waals surface area contributed by atoms with E-state index in [2.05, 4.69) is 49.8 Å². The minimum atomic E-state index is 0.688. The number of nitrogens with one attached hydrogen (secondary N) is 1. The maximum absolute atomic E-state index is 4.62. The van der Waals surface area contributed by atoms with Crippen molar-refractivity contribution in [3.63, 3.8) is 0 Å². The minimum absolute atomic E-state index is 0.688. The highest BCUT2D eigenvalue weighted by molar-refractivity contribution is 9.10. The topological polar surface area (TPSA) is 33.1 Å². The second-order valence-corrected chi connectivity index (χ2v) is 6.91. The van der Waals surface area contributed by atoms with E-state index in [0.29, 0.717) is 6.04 Å². The molecular weight excluding hydrogens is 316 g/mol. The zero-order valence-electron chi connectivity index (χ0n) is 12.5. The third kappa shape index (κ3) is 3.10. The molecule has 2 fully saturated rings. The van der Waals surface area contributed by atoms with E-state index < -0.39 is 0 Å². The summed E-state index contributed by atoms with van der Waals surface area (Å²) in [4.78, 5) is 2.66. The first-order valence-corrected chi connectivity index (χ1v) is 8.67. The van der Waals surface area contributed by atoms with Crippen LogP contribution >= 0.6 is 15.9 Å². The van der Waals surface area contributed by atoms with Crippen molar-refractivity contribution in [2.45, 2.75) is 64.7 Å². The molecular formula is C15H25BrN4. The van der Waals surface area contributed by atoms with Gasteiger partial charge in [0.2, 0.25) is 0 Å². The molecule has 2 aliphatic rings. The Morgan fingerprint density at radius 3 is 2.80 bits per heavy atom. The Morgan fingerprint density at radius 1 is 1.40 bits per heavy atom. The Morgan fingerprint density at radius 2 is 2.20 bits per heavy atom. The lowest BCUT2D eigenvalue weighted by Gasteiger charge is -2.26. The molecule has 3 rings (SSSR count). The molecule has 1 aromatic rings. The van der Waals surface area contributed by atoms with Gasteiger partial charge in [-0.1, -0.05) is 0 Å². The fourth-order valence-electron chi connectivity index (χ4n) is 3.19. The predicted molar refractivity (Wildman–Crippen MR) is 84.8 cm³/mol. The summed E-state index contributed by atoms with van der Waals surface area (Å²) in [5, 5.41) is 8.25. The summed E-state index contributed by atoms with van der Waals surface area (Å²) < 4.78 is 3.35. The van der Waals surface area contributed by atoms with Gasteiger partial charge in [0.15, 0.2) is 0 Å². The summed E-state index contributed by atoms with van der Waals surface area (Å²) >= 11 is 3.73. The summed E-state index contributed by atoms with van der Waals surface area (Å²) in [7, 11) is 0. The largest absolute Gasteiger partial charge is 0.313 e. The Balaban J connectivity index is 1.72. The van der Waals surface area contributed by atoms with Crippen LogP contribution in [-0.2, 0) is 13.1 Å². The molecule has 4 nitrogen and oxygen atoms in total. The average Bonchev–Trinajstić information content (AvgIpc) is 3.11. The lowest BCUT2D eigenvalue weighted by atomic mass is 10.2. The molecule has 1 atom stereocenters. The van der Waals surface area contributed by atoms with Gasteiger partial charge in [0, 0.05) is 31.7 Å². The lowest BCUT2D eigenvalue weighted by molar-refractivity contribution is 0.224. The molecule has 0 aromatic carbocycles. The second kappa shape index (κ2) is 6.16. The molecule has 0 bridgehead atoms. The highest BCUT2D eigenvalue weighted by Gasteiger charge is 2.32. The van der Waals surface area contributed by atoms with E-state index in [1.54, 1.807) is 0 Å². The Labute approximate surface area is 130 Å². The van der Waals surface area contributed by atoms with Crippen molar-refractivity contribution in [1.29, 1.82) is 0 Å². The summed E-state index contributed by atoms with van der Waals surface area (Å²) in [6, 6.07) is 1.48. The number of halogens is 1. The van der Waals surface area contributed by atoms with Crippen molar-refractivity contribution >= 4 is 15.9 Å². The highest BCUT2D eigenvalue weighted by Crippen LogP contribution is 2.31. The van der Waals surface area contributed by atoms with Gasteiger partial charge in [0.05, 0.1) is 15.9 Å². The maximum Gasteiger partial charge on any atom is 0.0739 e. The molecule has 0 spiro atoms. The van der Waals surface area contributed by atoms with E-state index in [-0.39, 0.29) is 0 Å². The SMILES string of the molecule is CCn1nc(C)c(Br)c1CN(CC1CCCN1)C1CC1. The first-order valence-electron chi connectivity index (χ1n) is 7.88. The van der Waals surface area contributed by atoms with Gasteiger partial charge in [-0.25, -0.2) is 0 Å². The van der Waals surface area contributed by atoms with Crippen molar-refractivity contribution < 1.29 is 0 Å². The van der Waals surface area contributed by atoms with E-state index in [9.17, 15) is 0 Å². The molecule has 112 valence electrons. The van der Waals surface area contributed by atoms with Crippen LogP contribution in [0.4, 0.5) is 0 Å². The molecule has 0 radical (unpaired) electrons. The van der Waals surface area contributed by atoms with E-state index >= 15 is 0 Å². The van der Waals surface area contributed by atoms with Gasteiger partial charge in [0.25, 0.3) is 0 Å². The van der Waals surface area contributed by atoms with Crippen LogP contribution in [0.5, 0.6) is 0 Å². The number of aryl methyl sites for hydroxylation is 2. The van der Waals surface area contributed by atoms with Crippen molar-refractivity contribution in [1.82, 2.24) is 20.0 Å². The van der Waals surface area contributed by atoms with Crippen LogP contribution < -0.4 is 5.32 Å². The molecule has 1 saturated heterocycles. The summed E-state index contributed by atoms with van der Waals surface area (Å²) in [5.41, 5.74) is 2.45. The second-order valence-electron chi connectivity index (χ2n) is 6.12. The van der Waals surface area contributed by atoms with Gasteiger partial charge in [-0.15, -0.1) is 0 Å². The molecule has 1 aliphatic heterocycles. The number of rotatable bonds is 6. The highest BCUT2D eigenvalue weighted by atomic mass is 79.9. The first-order chi connectivity index (χ1) is 9.69. The fraction of sp³-hybridized carbons (Fsp3) is 0.800. The normalized spacial score (nSPS) is 22.9. The molecule has 1 saturated carbocycles. The van der Waals surface area contributed by atoms with Gasteiger partial charge in [-0.05, 0) is 62.0 Å². The fourth-order valence-corrected chi connectivity index (χ4v) is 3.60. The average molecular weight is 341 g/mol. The Hall–Kier alpha value is -0.390.